The van der Waals surface area contributed by atoms with Gasteiger partial charge in [0, 0.05) is 18.8 Å². The third-order valence-electron chi connectivity index (χ3n) is 3.41. The topological polar surface area (TPSA) is 95.3 Å². The van der Waals surface area contributed by atoms with Crippen molar-refractivity contribution < 1.29 is 19.1 Å². The molecule has 0 saturated heterocycles. The Morgan fingerprint density at radius 1 is 1.35 bits per heavy atom. The molecular weight excluding hydrogens is 360 g/mol. The Kier molecular flexibility index (Phi) is 6.70. The molecule has 2 rings (SSSR count). The van der Waals surface area contributed by atoms with E-state index < -0.39 is 18.5 Å². The zero-order chi connectivity index (χ0) is 19.3. The molecule has 0 aliphatic rings. The molecule has 1 atom stereocenters. The summed E-state index contributed by atoms with van der Waals surface area (Å²) < 4.78 is 11.5. The van der Waals surface area contributed by atoms with E-state index in [1.54, 1.807) is 17.7 Å². The van der Waals surface area contributed by atoms with Crippen LogP contribution in [0.4, 0.5) is 0 Å². The highest BCUT2D eigenvalue weighted by atomic mass is 35.5. The maximum Gasteiger partial charge on any atom is 0.359 e. The Morgan fingerprint density at radius 3 is 2.69 bits per heavy atom. The minimum absolute atomic E-state index is 0.0746. The number of aryl methyl sites for hydroxylation is 2. The average molecular weight is 381 g/mol. The van der Waals surface area contributed by atoms with Gasteiger partial charge in [0.2, 0.25) is 0 Å². The van der Waals surface area contributed by atoms with Crippen LogP contribution in [0.25, 0.3) is 5.82 Å². The first-order valence-electron chi connectivity index (χ1n) is 7.97. The molecule has 0 saturated carbocycles. The van der Waals surface area contributed by atoms with Crippen LogP contribution in [-0.4, -0.2) is 53.0 Å². The largest absolute Gasteiger partial charge is 0.451 e. The van der Waals surface area contributed by atoms with Gasteiger partial charge in [-0.25, -0.2) is 14.5 Å². The van der Waals surface area contributed by atoms with Crippen molar-refractivity contribution in [3.05, 3.63) is 40.3 Å². The lowest BCUT2D eigenvalue weighted by Gasteiger charge is -2.13. The van der Waals surface area contributed by atoms with Gasteiger partial charge in [0.05, 0.1) is 17.3 Å². The van der Waals surface area contributed by atoms with Gasteiger partial charge in [-0.2, -0.15) is 5.10 Å². The van der Waals surface area contributed by atoms with Crippen molar-refractivity contribution in [3.63, 3.8) is 0 Å². The second kappa shape index (κ2) is 8.77. The Morgan fingerprint density at radius 2 is 2.08 bits per heavy atom. The fraction of sp³-hybridized carbons (Fsp3) is 0.412. The van der Waals surface area contributed by atoms with E-state index >= 15 is 0 Å². The van der Waals surface area contributed by atoms with Gasteiger partial charge < -0.3 is 14.8 Å². The standard InChI is InChI=1S/C17H21ClN4O4/c1-10-7-12(3)22(21-10)14-6-5-13(18)16(20-14)17(24)26-9-15(23)19-11(2)8-25-4/h5-7,11H,8-9H2,1-4H3,(H,19,23). The normalized spacial score (nSPS) is 11.9. The summed E-state index contributed by atoms with van der Waals surface area (Å²) in [6.45, 7) is 5.43. The number of hydrogen-bond acceptors (Lipinski definition) is 6. The third-order valence-corrected chi connectivity index (χ3v) is 3.71. The first-order chi connectivity index (χ1) is 12.3. The molecule has 9 heteroatoms. The van der Waals surface area contributed by atoms with E-state index in [1.165, 1.54) is 13.2 Å². The van der Waals surface area contributed by atoms with Crippen molar-refractivity contribution in [3.8, 4) is 5.82 Å². The fourth-order valence-electron chi connectivity index (χ4n) is 2.36. The highest BCUT2D eigenvalue weighted by Crippen LogP contribution is 2.18. The minimum Gasteiger partial charge on any atom is -0.451 e. The van der Waals surface area contributed by atoms with Crippen LogP contribution in [0.5, 0.6) is 0 Å². The van der Waals surface area contributed by atoms with Gasteiger partial charge in [0.25, 0.3) is 5.91 Å². The Bertz CT molecular complexity index is 806. The molecule has 0 aliphatic heterocycles. The summed E-state index contributed by atoms with van der Waals surface area (Å²) in [7, 11) is 1.53. The molecule has 0 radical (unpaired) electrons. The van der Waals surface area contributed by atoms with E-state index in [0.717, 1.165) is 11.4 Å². The van der Waals surface area contributed by atoms with Crippen LogP contribution in [0, 0.1) is 13.8 Å². The SMILES string of the molecule is COCC(C)NC(=O)COC(=O)c1nc(-n2nc(C)cc2C)ccc1Cl. The number of nitrogens with zero attached hydrogens (tertiary/aromatic N) is 3. The highest BCUT2D eigenvalue weighted by Gasteiger charge is 2.18. The average Bonchev–Trinajstić information content (AvgIpc) is 2.91. The lowest BCUT2D eigenvalue weighted by atomic mass is 10.3. The Balaban J connectivity index is 2.08. The van der Waals surface area contributed by atoms with E-state index in [9.17, 15) is 9.59 Å². The number of aromatic nitrogens is 3. The maximum atomic E-state index is 12.3. The van der Waals surface area contributed by atoms with Crippen molar-refractivity contribution in [2.45, 2.75) is 26.8 Å². The first kappa shape index (κ1) is 19.9. The van der Waals surface area contributed by atoms with Gasteiger partial charge in [-0.3, -0.25) is 4.79 Å². The van der Waals surface area contributed by atoms with Crippen molar-refractivity contribution in [1.82, 2.24) is 20.1 Å². The summed E-state index contributed by atoms with van der Waals surface area (Å²) in [4.78, 5) is 28.3. The molecule has 26 heavy (non-hydrogen) atoms. The third kappa shape index (κ3) is 5.03. The number of esters is 1. The molecule has 0 fully saturated rings. The molecule has 1 unspecified atom stereocenters. The number of methoxy groups -OCH3 is 1. The molecule has 140 valence electrons. The van der Waals surface area contributed by atoms with Crippen LogP contribution in [-0.2, 0) is 14.3 Å². The second-order valence-corrected chi connectivity index (χ2v) is 6.25. The lowest BCUT2D eigenvalue weighted by Crippen LogP contribution is -2.38. The van der Waals surface area contributed by atoms with E-state index in [2.05, 4.69) is 15.4 Å². The zero-order valence-electron chi connectivity index (χ0n) is 15.1. The van der Waals surface area contributed by atoms with Crippen LogP contribution < -0.4 is 5.32 Å². The van der Waals surface area contributed by atoms with E-state index in [4.69, 9.17) is 21.1 Å². The molecule has 0 spiro atoms. The van der Waals surface area contributed by atoms with Crippen LogP contribution in [0.15, 0.2) is 18.2 Å². The number of carbonyl (C=O) groups excluding carboxylic acids is 2. The molecule has 0 aromatic carbocycles. The van der Waals surface area contributed by atoms with Gasteiger partial charge >= 0.3 is 5.97 Å². The molecule has 2 heterocycles. The fourth-order valence-corrected chi connectivity index (χ4v) is 2.54. The number of carbonyl (C=O) groups is 2. The second-order valence-electron chi connectivity index (χ2n) is 5.84. The van der Waals surface area contributed by atoms with Crippen molar-refractivity contribution in [1.29, 1.82) is 0 Å². The Hall–Kier alpha value is -2.45. The highest BCUT2D eigenvalue weighted by molar-refractivity contribution is 6.33. The summed E-state index contributed by atoms with van der Waals surface area (Å²) in [6.07, 6.45) is 0. The molecule has 2 aromatic heterocycles. The van der Waals surface area contributed by atoms with Crippen molar-refractivity contribution in [2.75, 3.05) is 20.3 Å². The molecular formula is C17H21ClN4O4. The van der Waals surface area contributed by atoms with Gasteiger partial charge in [-0.15, -0.1) is 0 Å². The number of hydrogen-bond donors (Lipinski definition) is 1. The molecule has 0 bridgehead atoms. The number of amides is 1. The monoisotopic (exact) mass is 380 g/mol. The Labute approximate surface area is 156 Å². The molecule has 1 amide bonds. The van der Waals surface area contributed by atoms with Gasteiger partial charge in [0.15, 0.2) is 18.1 Å². The van der Waals surface area contributed by atoms with Crippen molar-refractivity contribution >= 4 is 23.5 Å². The predicted octanol–water partition coefficient (Wildman–Crippen LogP) is 1.85. The number of rotatable bonds is 7. The summed E-state index contributed by atoms with van der Waals surface area (Å²) in [6, 6.07) is 4.89. The quantitative estimate of drug-likeness (QED) is 0.736. The lowest BCUT2D eigenvalue weighted by molar-refractivity contribution is -0.125. The number of nitrogens with one attached hydrogen (secondary N) is 1. The van der Waals surface area contributed by atoms with E-state index in [0.29, 0.717) is 12.4 Å². The number of pyridine rings is 1. The smallest absolute Gasteiger partial charge is 0.359 e. The zero-order valence-corrected chi connectivity index (χ0v) is 15.8. The molecule has 1 N–H and O–H groups in total. The van der Waals surface area contributed by atoms with Crippen LogP contribution >= 0.6 is 11.6 Å². The predicted molar refractivity (Wildman–Crippen MR) is 95.6 cm³/mol. The van der Waals surface area contributed by atoms with Crippen molar-refractivity contribution in [2.24, 2.45) is 0 Å². The number of halogens is 1. The molecule has 8 nitrogen and oxygen atoms in total. The first-order valence-corrected chi connectivity index (χ1v) is 8.35. The van der Waals surface area contributed by atoms with Gasteiger partial charge in [-0.1, -0.05) is 11.6 Å². The van der Waals surface area contributed by atoms with Crippen LogP contribution in [0.2, 0.25) is 5.02 Å². The van der Waals surface area contributed by atoms with Gasteiger partial charge in [0.1, 0.15) is 0 Å². The van der Waals surface area contributed by atoms with Crippen LogP contribution in [0.1, 0.15) is 28.8 Å². The summed E-state index contributed by atoms with van der Waals surface area (Å²) in [5.41, 5.74) is 1.61. The van der Waals surface area contributed by atoms with E-state index in [1.807, 2.05) is 19.9 Å². The minimum atomic E-state index is -0.784. The van der Waals surface area contributed by atoms with E-state index in [-0.39, 0.29) is 16.8 Å². The maximum absolute atomic E-state index is 12.3. The van der Waals surface area contributed by atoms with Gasteiger partial charge in [-0.05, 0) is 39.0 Å². The molecule has 2 aromatic rings. The number of ether oxygens (including phenoxy) is 2. The summed E-state index contributed by atoms with van der Waals surface area (Å²) >= 11 is 6.05. The van der Waals surface area contributed by atoms with Crippen LogP contribution in [0.3, 0.4) is 0 Å². The summed E-state index contributed by atoms with van der Waals surface area (Å²) in [5, 5.41) is 7.09. The molecule has 0 aliphatic carbocycles. The summed E-state index contributed by atoms with van der Waals surface area (Å²) in [5.74, 6) is -0.785.